The summed E-state index contributed by atoms with van der Waals surface area (Å²) in [6.45, 7) is 9.70. The smallest absolute Gasteiger partial charge is 0.407 e. The van der Waals surface area contributed by atoms with Crippen molar-refractivity contribution < 1.29 is 38.1 Å². The van der Waals surface area contributed by atoms with Crippen LogP contribution in [0, 0.1) is 11.8 Å². The maximum absolute atomic E-state index is 14.4. The number of carbonyl (C=O) groups excluding carboxylic acids is 4. The normalized spacial score (nSPS) is 21.9. The molecule has 3 aromatic carbocycles. The van der Waals surface area contributed by atoms with Gasteiger partial charge in [-0.05, 0) is 110 Å². The van der Waals surface area contributed by atoms with Crippen molar-refractivity contribution in [1.29, 1.82) is 0 Å². The predicted octanol–water partition coefficient (Wildman–Crippen LogP) is 8.86. The lowest BCUT2D eigenvalue weighted by molar-refractivity contribution is -0.139. The van der Waals surface area contributed by atoms with E-state index in [1.54, 1.807) is 0 Å². The molecule has 356 valence electrons. The lowest BCUT2D eigenvalue weighted by Crippen LogP contribution is -2.54. The third-order valence-corrected chi connectivity index (χ3v) is 14.9. The van der Waals surface area contributed by atoms with Gasteiger partial charge in [0.25, 0.3) is 0 Å². The summed E-state index contributed by atoms with van der Waals surface area (Å²) in [6, 6.07) is 12.8. The Morgan fingerprint density at radius 1 is 0.851 bits per heavy atom. The molecule has 2 aromatic heterocycles. The van der Waals surface area contributed by atoms with Gasteiger partial charge in [0.15, 0.2) is 0 Å². The van der Waals surface area contributed by atoms with E-state index in [4.69, 9.17) is 28.9 Å². The maximum atomic E-state index is 14.4. The molecular weight excluding hydrogens is 853 g/mol. The Balaban J connectivity index is 0.967. The van der Waals surface area contributed by atoms with Crippen LogP contribution in [0.5, 0.6) is 5.75 Å². The molecule has 3 fully saturated rings. The first-order valence-corrected chi connectivity index (χ1v) is 24.2. The number of ether oxygens (including phenoxy) is 4. The van der Waals surface area contributed by atoms with Crippen LogP contribution >= 0.6 is 0 Å². The number of methoxy groups -OCH3 is 2. The first-order chi connectivity index (χ1) is 32.5. The fourth-order valence-corrected chi connectivity index (χ4v) is 10.9. The molecule has 4 amide bonds. The van der Waals surface area contributed by atoms with Crippen LogP contribution < -0.4 is 15.4 Å². The number of benzene rings is 3. The molecule has 6 heterocycles. The summed E-state index contributed by atoms with van der Waals surface area (Å²) in [6.07, 6.45) is 8.82. The zero-order valence-electron chi connectivity index (χ0n) is 39.5. The van der Waals surface area contributed by atoms with Crippen LogP contribution in [-0.4, -0.2) is 105 Å². The van der Waals surface area contributed by atoms with E-state index in [-0.39, 0.29) is 47.8 Å². The summed E-state index contributed by atoms with van der Waals surface area (Å²) in [4.78, 5) is 74.7. The summed E-state index contributed by atoms with van der Waals surface area (Å²) < 4.78 is 21.9. The minimum atomic E-state index is -0.723. The molecule has 3 unspecified atom stereocenters. The Kier molecular flexibility index (Phi) is 13.4. The highest BCUT2D eigenvalue weighted by Crippen LogP contribution is 2.45. The fraction of sp³-hybridized carbons (Fsp3) is 0.529. The predicted molar refractivity (Wildman–Crippen MR) is 253 cm³/mol. The number of fused-ring (bicyclic) bond motifs is 6. The number of carbonyl (C=O) groups is 4. The topological polar surface area (TPSA) is 193 Å². The Morgan fingerprint density at radius 3 is 2.37 bits per heavy atom. The zero-order chi connectivity index (χ0) is 46.9. The molecule has 16 nitrogen and oxygen atoms in total. The number of hydrogen-bond acceptors (Lipinski definition) is 10. The Labute approximate surface area is 391 Å². The molecule has 0 saturated carbocycles. The molecule has 0 spiro atoms. The Hall–Kier alpha value is -6.16. The second kappa shape index (κ2) is 19.6. The van der Waals surface area contributed by atoms with Crippen LogP contribution in [0.15, 0.2) is 48.7 Å². The quantitative estimate of drug-likeness (QED) is 0.0887. The fourth-order valence-electron chi connectivity index (χ4n) is 10.9. The molecule has 9 rings (SSSR count). The molecule has 0 bridgehead atoms. The van der Waals surface area contributed by atoms with Crippen molar-refractivity contribution in [3.63, 3.8) is 0 Å². The van der Waals surface area contributed by atoms with Crippen LogP contribution in [0.3, 0.4) is 0 Å². The van der Waals surface area contributed by atoms with E-state index in [1.807, 2.05) is 35.9 Å². The van der Waals surface area contributed by atoms with Gasteiger partial charge in [-0.15, -0.1) is 0 Å². The second-order valence-electron chi connectivity index (χ2n) is 18.9. The largest absolute Gasteiger partial charge is 0.488 e. The highest BCUT2D eigenvalue weighted by Gasteiger charge is 2.45. The van der Waals surface area contributed by atoms with Gasteiger partial charge in [0.2, 0.25) is 11.8 Å². The number of unbranched alkanes of at least 4 members (excludes halogenated alkanes) is 1. The van der Waals surface area contributed by atoms with Crippen LogP contribution in [0.4, 0.5) is 9.59 Å². The lowest BCUT2D eigenvalue weighted by atomic mass is 9.90. The third-order valence-electron chi connectivity index (χ3n) is 14.9. The second-order valence-corrected chi connectivity index (χ2v) is 18.9. The van der Waals surface area contributed by atoms with Gasteiger partial charge in [0.1, 0.15) is 36.1 Å². The van der Waals surface area contributed by atoms with Crippen molar-refractivity contribution >= 4 is 45.8 Å². The number of nitrogens with one attached hydrogen (secondary N) is 4. The number of amides is 4. The van der Waals surface area contributed by atoms with E-state index in [1.165, 1.54) is 14.2 Å². The zero-order valence-corrected chi connectivity index (χ0v) is 39.5. The van der Waals surface area contributed by atoms with Crippen LogP contribution in [-0.2, 0) is 30.4 Å². The molecule has 5 aromatic rings. The average Bonchev–Trinajstić information content (AvgIpc) is 4.19. The minimum Gasteiger partial charge on any atom is -0.488 e. The van der Waals surface area contributed by atoms with E-state index in [9.17, 15) is 19.2 Å². The first kappa shape index (κ1) is 46.0. The van der Waals surface area contributed by atoms with Crippen molar-refractivity contribution in [3.05, 3.63) is 65.9 Å². The van der Waals surface area contributed by atoms with Crippen molar-refractivity contribution in [3.8, 4) is 28.1 Å². The number of imidazole rings is 2. The molecule has 0 radical (unpaired) electrons. The van der Waals surface area contributed by atoms with E-state index in [0.717, 1.165) is 119 Å². The van der Waals surface area contributed by atoms with Gasteiger partial charge >= 0.3 is 12.2 Å². The molecule has 16 heteroatoms. The molecule has 3 saturated heterocycles. The number of H-pyrrole nitrogens is 2. The summed E-state index contributed by atoms with van der Waals surface area (Å²) in [5.41, 5.74) is 6.64. The van der Waals surface area contributed by atoms with E-state index >= 15 is 0 Å². The summed E-state index contributed by atoms with van der Waals surface area (Å²) in [5, 5.41) is 7.70. The highest BCUT2D eigenvalue weighted by atomic mass is 16.5. The maximum Gasteiger partial charge on any atom is 0.407 e. The number of likely N-dealkylation sites (tertiary alicyclic amines) is 2. The van der Waals surface area contributed by atoms with Crippen molar-refractivity contribution in [2.45, 2.75) is 135 Å². The molecule has 0 aliphatic carbocycles. The molecule has 4 aliphatic heterocycles. The van der Waals surface area contributed by atoms with Crippen LogP contribution in [0.1, 0.15) is 121 Å². The Bertz CT molecular complexity index is 2640. The number of nitrogens with zero attached hydrogens (tertiary/aromatic N) is 4. The molecule has 4 aliphatic rings. The number of alkyl carbamates (subject to hydrolysis) is 2. The minimum absolute atomic E-state index is 0.0393. The summed E-state index contributed by atoms with van der Waals surface area (Å²) in [5.74, 6) is 1.87. The first-order valence-electron chi connectivity index (χ1n) is 24.2. The number of rotatable bonds is 13. The number of aromatic nitrogens is 4. The van der Waals surface area contributed by atoms with E-state index in [2.05, 4.69) is 70.8 Å². The SMILES string of the molecule is CCCC[C@H]1CCC(c2ncc(-c3ccc4c(c3)COc3cc5c(ccc6nc(C7CC[C@H](C)N7C(=O)[C@@H](NC(=O)OC)C7CCOCC7)[nH]c65)cc3-4)[nH]2)N1C(=O)[C@@H](NC(=O)OC)C(C)CC. The van der Waals surface area contributed by atoms with Crippen LogP contribution in [0.25, 0.3) is 44.2 Å². The van der Waals surface area contributed by atoms with Gasteiger partial charge in [-0.25, -0.2) is 19.6 Å². The third kappa shape index (κ3) is 8.92. The van der Waals surface area contributed by atoms with Gasteiger partial charge in [-0.3, -0.25) is 9.59 Å². The van der Waals surface area contributed by atoms with E-state index < -0.39 is 24.3 Å². The Morgan fingerprint density at radius 2 is 1.61 bits per heavy atom. The highest BCUT2D eigenvalue weighted by molar-refractivity contribution is 6.07. The van der Waals surface area contributed by atoms with Gasteiger partial charge in [0, 0.05) is 36.2 Å². The molecular formula is C51H64N8O8. The van der Waals surface area contributed by atoms with Gasteiger partial charge in [0.05, 0.1) is 49.2 Å². The average molecular weight is 917 g/mol. The van der Waals surface area contributed by atoms with Gasteiger partial charge in [-0.2, -0.15) is 0 Å². The monoisotopic (exact) mass is 916 g/mol. The van der Waals surface area contributed by atoms with Crippen molar-refractivity contribution in [2.24, 2.45) is 11.8 Å². The van der Waals surface area contributed by atoms with Crippen molar-refractivity contribution in [2.75, 3.05) is 27.4 Å². The molecule has 7 atom stereocenters. The van der Waals surface area contributed by atoms with Crippen LogP contribution in [0.2, 0.25) is 0 Å². The number of hydrogen-bond donors (Lipinski definition) is 4. The molecule has 67 heavy (non-hydrogen) atoms. The number of aromatic amines is 2. The lowest BCUT2D eigenvalue weighted by Gasteiger charge is -2.36. The van der Waals surface area contributed by atoms with Gasteiger partial charge in [-0.1, -0.05) is 58.2 Å². The summed E-state index contributed by atoms with van der Waals surface area (Å²) >= 11 is 0. The summed E-state index contributed by atoms with van der Waals surface area (Å²) in [7, 11) is 2.63. The van der Waals surface area contributed by atoms with Gasteiger partial charge < -0.3 is 49.3 Å². The standard InChI is InChI=1S/C51H64N8O8/c1-7-9-10-34-14-18-40(59(34)48(60)43(28(3)8-2)56-50(62)64-5)46-52-26-39(54-46)32-12-15-35-33(23-32)27-67-42-25-36-31(24-37(35)42)13-16-38-45(36)55-47(53-38)41-17-11-29(4)58(41)49(61)44(57-51(63)65-6)30-19-21-66-22-20-30/h12-13,15-16,23-26,28-30,34,40-41,43-44H,7-11,14,17-22,27H2,1-6H3,(H,52,54)(H,53,55)(H,56,62)(H,57,63)/t28?,29-,34-,40?,41?,43-,44-/m0/s1. The van der Waals surface area contributed by atoms with E-state index in [0.29, 0.717) is 32.7 Å². The molecule has 4 N–H and O–H groups in total. The van der Waals surface area contributed by atoms with Crippen molar-refractivity contribution in [1.82, 2.24) is 40.4 Å².